The van der Waals surface area contributed by atoms with E-state index in [-0.39, 0.29) is 5.57 Å². The number of ether oxygens (including phenoxy) is 1. The number of nitrogens with zero attached hydrogens (tertiary/aromatic N) is 1. The van der Waals surface area contributed by atoms with E-state index in [1.807, 2.05) is 0 Å². The van der Waals surface area contributed by atoms with Gasteiger partial charge in [0.2, 0.25) is 0 Å². The molecule has 1 aliphatic rings. The summed E-state index contributed by atoms with van der Waals surface area (Å²) in [6, 6.07) is 11.4. The zero-order valence-electron chi connectivity index (χ0n) is 14.1. The molecule has 0 radical (unpaired) electrons. The molecule has 3 rings (SSSR count). The number of benzene rings is 2. The van der Waals surface area contributed by atoms with Crippen LogP contribution in [0.3, 0.4) is 0 Å². The molecule has 0 bridgehead atoms. The number of anilines is 1. The Balaban J connectivity index is 2.06. The van der Waals surface area contributed by atoms with E-state index in [9.17, 15) is 14.4 Å². The molecule has 0 unspecified atom stereocenters. The maximum Gasteiger partial charge on any atom is 0.335 e. The summed E-state index contributed by atoms with van der Waals surface area (Å²) in [5.74, 6) is -0.836. The highest BCUT2D eigenvalue weighted by Gasteiger charge is 2.37. The number of rotatable bonds is 3. The maximum absolute atomic E-state index is 12.9. The van der Waals surface area contributed by atoms with Crippen LogP contribution >= 0.6 is 15.9 Å². The molecule has 2 aromatic carbocycles. The number of para-hydroxylation sites is 1. The summed E-state index contributed by atoms with van der Waals surface area (Å²) in [6.45, 7) is 1.79. The molecule has 1 N–H and O–H groups in total. The summed E-state index contributed by atoms with van der Waals surface area (Å²) in [5.41, 5.74) is 1.64. The molecular weight excluding hydrogens is 400 g/mol. The van der Waals surface area contributed by atoms with E-state index in [1.165, 1.54) is 13.2 Å². The van der Waals surface area contributed by atoms with Gasteiger partial charge in [-0.3, -0.25) is 14.9 Å². The number of halogens is 1. The van der Waals surface area contributed by atoms with Crippen molar-refractivity contribution in [3.63, 3.8) is 0 Å². The third-order valence-electron chi connectivity index (χ3n) is 3.90. The molecule has 1 aliphatic heterocycles. The Hall–Kier alpha value is -2.93. The first kappa shape index (κ1) is 17.9. The smallest absolute Gasteiger partial charge is 0.335 e. The third-order valence-corrected chi connectivity index (χ3v) is 4.36. The van der Waals surface area contributed by atoms with Gasteiger partial charge in [0.1, 0.15) is 11.3 Å². The molecule has 1 heterocycles. The van der Waals surface area contributed by atoms with Crippen molar-refractivity contribution in [3.05, 3.63) is 63.6 Å². The lowest BCUT2D eigenvalue weighted by atomic mass is 10.1. The van der Waals surface area contributed by atoms with Crippen LogP contribution < -0.4 is 15.0 Å². The standard InChI is InChI=1S/C19H15BrN2O4/c1-11-5-3-4-6-16(11)22-18(24)15(17(23)21-19(22)25)9-12-7-13(20)10-14(8-12)26-2/h3-10H,1-2H3,(H,21,23,25)/b15-9+. The van der Waals surface area contributed by atoms with E-state index >= 15 is 0 Å². The lowest BCUT2D eigenvalue weighted by Gasteiger charge is -2.27. The average molecular weight is 415 g/mol. The normalized spacial score (nSPS) is 16.0. The summed E-state index contributed by atoms with van der Waals surface area (Å²) >= 11 is 3.36. The lowest BCUT2D eigenvalue weighted by molar-refractivity contribution is -0.122. The summed E-state index contributed by atoms with van der Waals surface area (Å²) in [4.78, 5) is 38.3. The minimum absolute atomic E-state index is 0.131. The van der Waals surface area contributed by atoms with Gasteiger partial charge in [-0.05, 0) is 48.4 Å². The van der Waals surface area contributed by atoms with Crippen LogP contribution in [0.2, 0.25) is 0 Å². The number of barbiturate groups is 1. The van der Waals surface area contributed by atoms with Crippen molar-refractivity contribution in [2.75, 3.05) is 12.0 Å². The van der Waals surface area contributed by atoms with Crippen LogP contribution in [0.25, 0.3) is 6.08 Å². The zero-order valence-corrected chi connectivity index (χ0v) is 15.7. The summed E-state index contributed by atoms with van der Waals surface area (Å²) < 4.78 is 5.93. The van der Waals surface area contributed by atoms with Crippen molar-refractivity contribution < 1.29 is 19.1 Å². The first-order valence-electron chi connectivity index (χ1n) is 7.72. The Morgan fingerprint density at radius 2 is 1.85 bits per heavy atom. The molecule has 0 aromatic heterocycles. The highest BCUT2D eigenvalue weighted by atomic mass is 79.9. The van der Waals surface area contributed by atoms with Crippen molar-refractivity contribution in [2.24, 2.45) is 0 Å². The molecule has 4 amide bonds. The molecule has 0 aliphatic carbocycles. The number of carbonyl (C=O) groups excluding carboxylic acids is 3. The van der Waals surface area contributed by atoms with Crippen molar-refractivity contribution in [1.82, 2.24) is 5.32 Å². The van der Waals surface area contributed by atoms with Crippen LogP contribution in [0.4, 0.5) is 10.5 Å². The van der Waals surface area contributed by atoms with Gasteiger partial charge in [-0.15, -0.1) is 0 Å². The van der Waals surface area contributed by atoms with Gasteiger partial charge in [0, 0.05) is 4.47 Å². The molecular formula is C19H15BrN2O4. The largest absolute Gasteiger partial charge is 0.497 e. The summed E-state index contributed by atoms with van der Waals surface area (Å²) in [5, 5.41) is 2.22. The van der Waals surface area contributed by atoms with E-state index < -0.39 is 17.8 Å². The van der Waals surface area contributed by atoms with Gasteiger partial charge in [0.15, 0.2) is 0 Å². The Bertz CT molecular complexity index is 952. The third kappa shape index (κ3) is 3.39. The van der Waals surface area contributed by atoms with Gasteiger partial charge in [0.05, 0.1) is 12.8 Å². The Morgan fingerprint density at radius 3 is 2.54 bits per heavy atom. The van der Waals surface area contributed by atoms with E-state index in [0.717, 1.165) is 14.9 Å². The second kappa shape index (κ2) is 7.13. The van der Waals surface area contributed by atoms with Gasteiger partial charge < -0.3 is 4.74 Å². The van der Waals surface area contributed by atoms with Gasteiger partial charge >= 0.3 is 6.03 Å². The fraction of sp³-hybridized carbons (Fsp3) is 0.105. The number of imide groups is 2. The van der Waals surface area contributed by atoms with Gasteiger partial charge in [-0.2, -0.15) is 0 Å². The molecule has 1 fully saturated rings. The van der Waals surface area contributed by atoms with Crippen molar-refractivity contribution >= 4 is 45.5 Å². The van der Waals surface area contributed by atoms with Gasteiger partial charge in [-0.25, -0.2) is 9.69 Å². The number of urea groups is 1. The Morgan fingerprint density at radius 1 is 1.12 bits per heavy atom. The minimum atomic E-state index is -0.765. The zero-order chi connectivity index (χ0) is 18.8. The number of nitrogens with one attached hydrogen (secondary N) is 1. The molecule has 0 atom stereocenters. The SMILES string of the molecule is COc1cc(Br)cc(/C=C2\C(=O)NC(=O)N(c3ccccc3C)C2=O)c1. The van der Waals surface area contributed by atoms with E-state index in [2.05, 4.69) is 21.2 Å². The predicted molar refractivity (Wildman–Crippen MR) is 101 cm³/mol. The fourth-order valence-electron chi connectivity index (χ4n) is 2.64. The van der Waals surface area contributed by atoms with Crippen molar-refractivity contribution in [2.45, 2.75) is 6.92 Å². The van der Waals surface area contributed by atoms with Gasteiger partial charge in [0.25, 0.3) is 11.8 Å². The molecule has 1 saturated heterocycles. The van der Waals surface area contributed by atoms with Crippen LogP contribution in [0.1, 0.15) is 11.1 Å². The molecule has 6 nitrogen and oxygen atoms in total. The number of aryl methyl sites for hydroxylation is 1. The molecule has 0 spiro atoms. The topological polar surface area (TPSA) is 75.7 Å². The number of carbonyl (C=O) groups is 3. The van der Waals surface area contributed by atoms with Crippen LogP contribution in [-0.4, -0.2) is 25.0 Å². The summed E-state index contributed by atoms with van der Waals surface area (Å²) in [7, 11) is 1.52. The van der Waals surface area contributed by atoms with Crippen LogP contribution in [0, 0.1) is 6.92 Å². The Labute approximate surface area is 158 Å². The minimum Gasteiger partial charge on any atom is -0.497 e. The number of methoxy groups -OCH3 is 1. The fourth-order valence-corrected chi connectivity index (χ4v) is 3.13. The molecule has 7 heteroatoms. The molecule has 0 saturated carbocycles. The van der Waals surface area contributed by atoms with Crippen molar-refractivity contribution in [1.29, 1.82) is 0 Å². The Kier molecular flexibility index (Phi) is 4.90. The number of amides is 4. The quantitative estimate of drug-likeness (QED) is 0.616. The van der Waals surface area contributed by atoms with E-state index in [0.29, 0.717) is 17.0 Å². The van der Waals surface area contributed by atoms with Crippen LogP contribution in [-0.2, 0) is 9.59 Å². The number of hydrogen-bond acceptors (Lipinski definition) is 4. The first-order chi connectivity index (χ1) is 12.4. The maximum atomic E-state index is 12.9. The summed E-state index contributed by atoms with van der Waals surface area (Å²) in [6.07, 6.45) is 1.43. The second-order valence-electron chi connectivity index (χ2n) is 5.67. The van der Waals surface area contributed by atoms with E-state index in [1.54, 1.807) is 49.4 Å². The van der Waals surface area contributed by atoms with Gasteiger partial charge in [-0.1, -0.05) is 34.1 Å². The number of hydrogen-bond donors (Lipinski definition) is 1. The molecule has 2 aromatic rings. The molecule has 132 valence electrons. The predicted octanol–water partition coefficient (Wildman–Crippen LogP) is 3.43. The lowest BCUT2D eigenvalue weighted by Crippen LogP contribution is -2.54. The van der Waals surface area contributed by atoms with Crippen molar-refractivity contribution in [3.8, 4) is 5.75 Å². The molecule has 26 heavy (non-hydrogen) atoms. The van der Waals surface area contributed by atoms with Crippen LogP contribution in [0.5, 0.6) is 5.75 Å². The van der Waals surface area contributed by atoms with E-state index in [4.69, 9.17) is 4.74 Å². The monoisotopic (exact) mass is 414 g/mol. The average Bonchev–Trinajstić information content (AvgIpc) is 2.59. The highest BCUT2D eigenvalue weighted by Crippen LogP contribution is 2.27. The van der Waals surface area contributed by atoms with Crippen LogP contribution in [0.15, 0.2) is 52.5 Å². The first-order valence-corrected chi connectivity index (χ1v) is 8.51. The second-order valence-corrected chi connectivity index (χ2v) is 6.58. The highest BCUT2D eigenvalue weighted by molar-refractivity contribution is 9.10.